The molecule has 0 bridgehead atoms. The molecule has 4 heteroatoms. The van der Waals surface area contributed by atoms with Crippen LogP contribution in [-0.2, 0) is 6.61 Å². The largest absolute Gasteiger partial charge is 0.489 e. The first-order chi connectivity index (χ1) is 10.5. The van der Waals surface area contributed by atoms with Crippen LogP contribution in [0.5, 0.6) is 5.75 Å². The highest BCUT2D eigenvalue weighted by molar-refractivity contribution is 5.84. The Morgan fingerprint density at radius 1 is 1.05 bits per heavy atom. The van der Waals surface area contributed by atoms with Gasteiger partial charge in [-0.2, -0.15) is 0 Å². The minimum atomic E-state index is -0.340. The molecule has 1 aromatic heterocycles. The Morgan fingerprint density at radius 3 is 2.55 bits per heavy atom. The molecule has 0 N–H and O–H groups in total. The van der Waals surface area contributed by atoms with Crippen molar-refractivity contribution in [3.63, 3.8) is 0 Å². The maximum absolute atomic E-state index is 13.5. The molecule has 0 aliphatic rings. The molecule has 0 spiro atoms. The zero-order chi connectivity index (χ0) is 15.7. The molecule has 3 aromatic rings. The normalized spacial score (nSPS) is 11.3. The molecule has 3 rings (SSSR count). The molecule has 2 aromatic carbocycles. The number of hydrogen-bond donors (Lipinski definition) is 0. The fraction of sp³-hybridized carbons (Fsp3) is 0.222. The Kier molecular flexibility index (Phi) is 3.84. The second kappa shape index (κ2) is 5.79. The summed E-state index contributed by atoms with van der Waals surface area (Å²) in [6.07, 6.45) is 1.97. The first-order valence-corrected chi connectivity index (χ1v) is 7.22. The third-order valence-corrected chi connectivity index (χ3v) is 3.62. The summed E-state index contributed by atoms with van der Waals surface area (Å²) < 4.78 is 34.4. The average Bonchev–Trinajstić information content (AvgIpc) is 2.83. The predicted molar refractivity (Wildman–Crippen MR) is 83.0 cm³/mol. The van der Waals surface area contributed by atoms with E-state index in [9.17, 15) is 8.78 Å². The van der Waals surface area contributed by atoms with E-state index < -0.39 is 0 Å². The van der Waals surface area contributed by atoms with Gasteiger partial charge in [-0.05, 0) is 44.2 Å². The minimum Gasteiger partial charge on any atom is -0.489 e. The van der Waals surface area contributed by atoms with Crippen LogP contribution in [0, 0.1) is 11.6 Å². The lowest BCUT2D eigenvalue weighted by Gasteiger charge is -2.08. The standard InChI is InChI=1S/C18H17F2NO/c1-12(2)21-10-13(17-9-15(20)6-7-18(17)21)11-22-16-5-3-4-14(19)8-16/h3-10,12H,11H2,1-2H3. The van der Waals surface area contributed by atoms with Gasteiger partial charge in [0.05, 0.1) is 0 Å². The van der Waals surface area contributed by atoms with Crippen LogP contribution in [0.3, 0.4) is 0 Å². The number of fused-ring (bicyclic) bond motifs is 1. The van der Waals surface area contributed by atoms with Crippen molar-refractivity contribution < 1.29 is 13.5 Å². The van der Waals surface area contributed by atoms with Gasteiger partial charge >= 0.3 is 0 Å². The van der Waals surface area contributed by atoms with Crippen molar-refractivity contribution in [1.82, 2.24) is 4.57 Å². The monoisotopic (exact) mass is 301 g/mol. The number of nitrogens with zero attached hydrogens (tertiary/aromatic N) is 1. The van der Waals surface area contributed by atoms with Crippen LogP contribution in [0.25, 0.3) is 10.9 Å². The zero-order valence-electron chi connectivity index (χ0n) is 12.5. The lowest BCUT2D eigenvalue weighted by atomic mass is 10.2. The number of aromatic nitrogens is 1. The van der Waals surface area contributed by atoms with Gasteiger partial charge in [0, 0.05) is 34.8 Å². The van der Waals surface area contributed by atoms with Gasteiger partial charge in [0.2, 0.25) is 0 Å². The summed E-state index contributed by atoms with van der Waals surface area (Å²) in [6.45, 7) is 4.41. The number of hydrogen-bond acceptors (Lipinski definition) is 1. The molecule has 114 valence electrons. The maximum Gasteiger partial charge on any atom is 0.126 e. The quantitative estimate of drug-likeness (QED) is 0.655. The van der Waals surface area contributed by atoms with E-state index in [1.54, 1.807) is 18.2 Å². The summed E-state index contributed by atoms with van der Waals surface area (Å²) in [5.41, 5.74) is 1.85. The molecule has 22 heavy (non-hydrogen) atoms. The second-order valence-corrected chi connectivity index (χ2v) is 5.56. The van der Waals surface area contributed by atoms with Crippen LogP contribution in [0.1, 0.15) is 25.5 Å². The number of rotatable bonds is 4. The van der Waals surface area contributed by atoms with Crippen molar-refractivity contribution in [2.45, 2.75) is 26.5 Å². The summed E-state index contributed by atoms with van der Waals surface area (Å²) in [4.78, 5) is 0. The van der Waals surface area contributed by atoms with E-state index in [0.29, 0.717) is 5.75 Å². The van der Waals surface area contributed by atoms with Gasteiger partial charge < -0.3 is 9.30 Å². The number of benzene rings is 2. The van der Waals surface area contributed by atoms with E-state index in [2.05, 4.69) is 18.4 Å². The van der Waals surface area contributed by atoms with Crippen LogP contribution in [0.2, 0.25) is 0 Å². The molecule has 0 saturated carbocycles. The van der Waals surface area contributed by atoms with Crippen molar-refractivity contribution in [2.24, 2.45) is 0 Å². The maximum atomic E-state index is 13.5. The summed E-state index contributed by atoms with van der Waals surface area (Å²) in [5, 5.41) is 0.824. The van der Waals surface area contributed by atoms with E-state index in [1.807, 2.05) is 6.20 Å². The molecule has 1 heterocycles. The Hall–Kier alpha value is -2.36. The Labute approximate surface area is 127 Å². The van der Waals surface area contributed by atoms with Gasteiger partial charge in [-0.25, -0.2) is 8.78 Å². The van der Waals surface area contributed by atoms with E-state index in [4.69, 9.17) is 4.74 Å². The molecule has 2 nitrogen and oxygen atoms in total. The van der Waals surface area contributed by atoms with Gasteiger partial charge in [-0.15, -0.1) is 0 Å². The third-order valence-electron chi connectivity index (χ3n) is 3.62. The van der Waals surface area contributed by atoms with E-state index in [-0.39, 0.29) is 24.3 Å². The lowest BCUT2D eigenvalue weighted by Crippen LogP contribution is -1.98. The summed E-state index contributed by atoms with van der Waals surface area (Å²) in [6, 6.07) is 11.0. The van der Waals surface area contributed by atoms with Gasteiger partial charge in [0.25, 0.3) is 0 Å². The first kappa shape index (κ1) is 14.6. The highest BCUT2D eigenvalue weighted by Gasteiger charge is 2.12. The van der Waals surface area contributed by atoms with Gasteiger partial charge in [0.1, 0.15) is 24.0 Å². The lowest BCUT2D eigenvalue weighted by molar-refractivity contribution is 0.305. The molecule has 0 aliphatic heterocycles. The Morgan fingerprint density at radius 2 is 1.82 bits per heavy atom. The fourth-order valence-corrected chi connectivity index (χ4v) is 2.56. The van der Waals surface area contributed by atoms with E-state index >= 15 is 0 Å². The highest BCUT2D eigenvalue weighted by atomic mass is 19.1. The van der Waals surface area contributed by atoms with Crippen molar-refractivity contribution in [1.29, 1.82) is 0 Å². The smallest absolute Gasteiger partial charge is 0.126 e. The molecular weight excluding hydrogens is 284 g/mol. The second-order valence-electron chi connectivity index (χ2n) is 5.56. The van der Waals surface area contributed by atoms with Crippen LogP contribution < -0.4 is 4.74 Å². The fourth-order valence-electron chi connectivity index (χ4n) is 2.56. The molecular formula is C18H17F2NO. The predicted octanol–water partition coefficient (Wildman–Crippen LogP) is 5.08. The number of ether oxygens (including phenoxy) is 1. The highest BCUT2D eigenvalue weighted by Crippen LogP contribution is 2.27. The number of halogens is 2. The van der Waals surface area contributed by atoms with Crippen LogP contribution in [0.15, 0.2) is 48.7 Å². The van der Waals surface area contributed by atoms with Crippen molar-refractivity contribution in [3.05, 3.63) is 65.9 Å². The molecule has 0 amide bonds. The molecule has 0 atom stereocenters. The molecule has 0 radical (unpaired) electrons. The van der Waals surface area contributed by atoms with Crippen molar-refractivity contribution in [3.8, 4) is 5.75 Å². The van der Waals surface area contributed by atoms with E-state index in [0.717, 1.165) is 16.5 Å². The van der Waals surface area contributed by atoms with Gasteiger partial charge in [0.15, 0.2) is 0 Å². The minimum absolute atomic E-state index is 0.260. The topological polar surface area (TPSA) is 14.2 Å². The molecule has 0 aliphatic carbocycles. The van der Waals surface area contributed by atoms with Crippen molar-refractivity contribution >= 4 is 10.9 Å². The van der Waals surface area contributed by atoms with Crippen LogP contribution in [0.4, 0.5) is 8.78 Å². The Bertz CT molecular complexity index is 808. The molecule has 0 saturated heterocycles. The van der Waals surface area contributed by atoms with Gasteiger partial charge in [-0.1, -0.05) is 6.07 Å². The molecule has 0 unspecified atom stereocenters. The van der Waals surface area contributed by atoms with Crippen LogP contribution in [-0.4, -0.2) is 4.57 Å². The summed E-state index contributed by atoms with van der Waals surface area (Å²) in [5.74, 6) is -0.156. The Balaban J connectivity index is 1.94. The SMILES string of the molecule is CC(C)n1cc(COc2cccc(F)c2)c2cc(F)ccc21. The van der Waals surface area contributed by atoms with Crippen molar-refractivity contribution in [2.75, 3.05) is 0 Å². The first-order valence-electron chi connectivity index (χ1n) is 7.22. The molecule has 0 fully saturated rings. The average molecular weight is 301 g/mol. The summed E-state index contributed by atoms with van der Waals surface area (Å²) in [7, 11) is 0. The third kappa shape index (κ3) is 2.82. The zero-order valence-corrected chi connectivity index (χ0v) is 12.5. The summed E-state index contributed by atoms with van der Waals surface area (Å²) >= 11 is 0. The van der Waals surface area contributed by atoms with E-state index in [1.165, 1.54) is 24.3 Å². The van der Waals surface area contributed by atoms with Crippen LogP contribution >= 0.6 is 0 Å². The van der Waals surface area contributed by atoms with Gasteiger partial charge in [-0.3, -0.25) is 0 Å².